The van der Waals surface area contributed by atoms with Crippen molar-refractivity contribution in [3.05, 3.63) is 0 Å². The highest BCUT2D eigenvalue weighted by Crippen LogP contribution is 2.16. The van der Waals surface area contributed by atoms with Crippen molar-refractivity contribution in [2.45, 2.75) is 12.8 Å². The first-order valence-electron chi connectivity index (χ1n) is 5.18. The number of nitrogens with one attached hydrogen (secondary N) is 1. The Balaban J connectivity index is 1.96. The van der Waals surface area contributed by atoms with Crippen LogP contribution < -0.4 is 5.32 Å². The zero-order valence-electron chi connectivity index (χ0n) is 9.08. The van der Waals surface area contributed by atoms with Crippen molar-refractivity contribution in [2.24, 2.45) is 5.92 Å². The summed E-state index contributed by atoms with van der Waals surface area (Å²) in [5, 5.41) is 3.08. The Morgan fingerprint density at radius 2 is 2.43 bits per heavy atom. The van der Waals surface area contributed by atoms with Crippen LogP contribution in [0.1, 0.15) is 12.8 Å². The van der Waals surface area contributed by atoms with Crippen LogP contribution in [-0.2, 0) is 9.53 Å². The molecule has 0 spiro atoms. The average molecular weight is 200 g/mol. The number of rotatable bonds is 5. The van der Waals surface area contributed by atoms with Crippen molar-refractivity contribution in [3.8, 4) is 0 Å². The predicted molar refractivity (Wildman–Crippen MR) is 55.1 cm³/mol. The first-order chi connectivity index (χ1) is 6.72. The van der Waals surface area contributed by atoms with E-state index in [0.717, 1.165) is 18.9 Å². The lowest BCUT2D eigenvalue weighted by atomic mass is 10.1. The van der Waals surface area contributed by atoms with Gasteiger partial charge < -0.3 is 15.0 Å². The fourth-order valence-electron chi connectivity index (χ4n) is 1.83. The standard InChI is InChI=1S/C10H20N2O2/c1-12-6-4-9(8-12)3-5-11-7-10(13)14-2/h9,11H,3-8H2,1-2H3. The van der Waals surface area contributed by atoms with Crippen molar-refractivity contribution < 1.29 is 9.53 Å². The fourth-order valence-corrected chi connectivity index (χ4v) is 1.83. The predicted octanol–water partition coefficient (Wildman–Crippen LogP) is 0.0908. The minimum absolute atomic E-state index is 0.187. The van der Waals surface area contributed by atoms with Gasteiger partial charge in [-0.15, -0.1) is 0 Å². The Morgan fingerprint density at radius 1 is 1.64 bits per heavy atom. The minimum Gasteiger partial charge on any atom is -0.468 e. The molecule has 1 rings (SSSR count). The molecule has 0 aliphatic carbocycles. The first kappa shape index (κ1) is 11.5. The Bertz CT molecular complexity index is 185. The molecular weight excluding hydrogens is 180 g/mol. The van der Waals surface area contributed by atoms with Crippen molar-refractivity contribution in [1.82, 2.24) is 10.2 Å². The molecule has 0 amide bonds. The lowest BCUT2D eigenvalue weighted by molar-refractivity contribution is -0.139. The van der Waals surface area contributed by atoms with Gasteiger partial charge in [0.15, 0.2) is 0 Å². The topological polar surface area (TPSA) is 41.6 Å². The summed E-state index contributed by atoms with van der Waals surface area (Å²) in [7, 11) is 3.57. The summed E-state index contributed by atoms with van der Waals surface area (Å²) >= 11 is 0. The Morgan fingerprint density at radius 3 is 3.00 bits per heavy atom. The van der Waals surface area contributed by atoms with Crippen LogP contribution in [0.15, 0.2) is 0 Å². The van der Waals surface area contributed by atoms with Crippen molar-refractivity contribution in [2.75, 3.05) is 40.3 Å². The maximum absolute atomic E-state index is 10.8. The number of methoxy groups -OCH3 is 1. The van der Waals surface area contributed by atoms with Crippen LogP contribution in [0.3, 0.4) is 0 Å². The summed E-state index contributed by atoms with van der Waals surface area (Å²) in [4.78, 5) is 13.1. The Labute approximate surface area is 85.6 Å². The Hall–Kier alpha value is -0.610. The number of carbonyl (C=O) groups excluding carboxylic acids is 1. The molecule has 1 saturated heterocycles. The molecule has 1 N–H and O–H groups in total. The summed E-state index contributed by atoms with van der Waals surface area (Å²) in [5.41, 5.74) is 0. The second-order valence-corrected chi connectivity index (χ2v) is 3.96. The summed E-state index contributed by atoms with van der Waals surface area (Å²) in [6.45, 7) is 3.65. The van der Waals surface area contributed by atoms with E-state index in [1.165, 1.54) is 26.6 Å². The molecule has 0 saturated carbocycles. The van der Waals surface area contributed by atoms with Crippen LogP contribution in [0.5, 0.6) is 0 Å². The largest absolute Gasteiger partial charge is 0.468 e. The molecule has 4 nitrogen and oxygen atoms in total. The van der Waals surface area contributed by atoms with Crippen LogP contribution in [0.4, 0.5) is 0 Å². The van der Waals surface area contributed by atoms with Gasteiger partial charge in [-0.25, -0.2) is 0 Å². The lowest BCUT2D eigenvalue weighted by Crippen LogP contribution is -2.26. The maximum atomic E-state index is 10.8. The molecule has 4 heteroatoms. The number of carbonyl (C=O) groups is 1. The van der Waals surface area contributed by atoms with Crippen LogP contribution in [0, 0.1) is 5.92 Å². The van der Waals surface area contributed by atoms with Crippen LogP contribution >= 0.6 is 0 Å². The minimum atomic E-state index is -0.187. The molecule has 1 atom stereocenters. The highest BCUT2D eigenvalue weighted by Gasteiger charge is 2.18. The monoisotopic (exact) mass is 200 g/mol. The summed E-state index contributed by atoms with van der Waals surface area (Å²) < 4.78 is 4.53. The molecule has 82 valence electrons. The van der Waals surface area contributed by atoms with Gasteiger partial charge in [-0.1, -0.05) is 0 Å². The maximum Gasteiger partial charge on any atom is 0.319 e. The number of hydrogen-bond donors (Lipinski definition) is 1. The molecule has 0 bridgehead atoms. The van der Waals surface area contributed by atoms with E-state index in [9.17, 15) is 4.79 Å². The van der Waals surface area contributed by atoms with Crippen molar-refractivity contribution >= 4 is 5.97 Å². The van der Waals surface area contributed by atoms with Gasteiger partial charge in [0.2, 0.25) is 0 Å². The lowest BCUT2D eigenvalue weighted by Gasteiger charge is -2.10. The molecule has 1 fully saturated rings. The second-order valence-electron chi connectivity index (χ2n) is 3.96. The molecule has 14 heavy (non-hydrogen) atoms. The average Bonchev–Trinajstić information content (AvgIpc) is 2.58. The van der Waals surface area contributed by atoms with Crippen molar-refractivity contribution in [1.29, 1.82) is 0 Å². The molecule has 0 aromatic carbocycles. The third kappa shape index (κ3) is 4.07. The highest BCUT2D eigenvalue weighted by molar-refractivity contribution is 5.71. The van der Waals surface area contributed by atoms with E-state index < -0.39 is 0 Å². The van der Waals surface area contributed by atoms with Gasteiger partial charge in [0.25, 0.3) is 0 Å². The Kier molecular flexibility index (Phi) is 4.90. The van der Waals surface area contributed by atoms with E-state index in [-0.39, 0.29) is 5.97 Å². The smallest absolute Gasteiger partial charge is 0.319 e. The zero-order chi connectivity index (χ0) is 10.4. The molecule has 1 heterocycles. The van der Waals surface area contributed by atoms with Gasteiger partial charge in [0.1, 0.15) is 0 Å². The third-order valence-corrected chi connectivity index (χ3v) is 2.72. The number of esters is 1. The fraction of sp³-hybridized carbons (Fsp3) is 0.900. The van der Waals surface area contributed by atoms with Gasteiger partial charge in [-0.05, 0) is 38.9 Å². The summed E-state index contributed by atoms with van der Waals surface area (Å²) in [6.07, 6.45) is 2.44. The van der Waals surface area contributed by atoms with E-state index in [1.54, 1.807) is 0 Å². The van der Waals surface area contributed by atoms with E-state index in [4.69, 9.17) is 0 Å². The summed E-state index contributed by atoms with van der Waals surface area (Å²) in [5.74, 6) is 0.610. The number of hydrogen-bond acceptors (Lipinski definition) is 4. The molecular formula is C10H20N2O2. The number of nitrogens with zero attached hydrogens (tertiary/aromatic N) is 1. The molecule has 1 aliphatic rings. The van der Waals surface area contributed by atoms with Gasteiger partial charge >= 0.3 is 5.97 Å². The summed E-state index contributed by atoms with van der Waals surface area (Å²) in [6, 6.07) is 0. The molecule has 1 aliphatic heterocycles. The van der Waals surface area contributed by atoms with Crippen LogP contribution in [-0.4, -0.2) is 51.2 Å². The molecule has 0 aromatic rings. The van der Waals surface area contributed by atoms with Gasteiger partial charge in [0.05, 0.1) is 13.7 Å². The van der Waals surface area contributed by atoms with E-state index in [2.05, 4.69) is 22.0 Å². The van der Waals surface area contributed by atoms with E-state index in [0.29, 0.717) is 6.54 Å². The van der Waals surface area contributed by atoms with Crippen LogP contribution in [0.2, 0.25) is 0 Å². The molecule has 0 aromatic heterocycles. The van der Waals surface area contributed by atoms with Gasteiger partial charge in [-0.3, -0.25) is 4.79 Å². The number of likely N-dealkylation sites (tertiary alicyclic amines) is 1. The van der Waals surface area contributed by atoms with Gasteiger partial charge in [0, 0.05) is 6.54 Å². The second kappa shape index (κ2) is 5.98. The molecule has 1 unspecified atom stereocenters. The zero-order valence-corrected chi connectivity index (χ0v) is 9.08. The van der Waals surface area contributed by atoms with Gasteiger partial charge in [-0.2, -0.15) is 0 Å². The highest BCUT2D eigenvalue weighted by atomic mass is 16.5. The van der Waals surface area contributed by atoms with E-state index in [1.807, 2.05) is 0 Å². The first-order valence-corrected chi connectivity index (χ1v) is 5.18. The molecule has 0 radical (unpaired) electrons. The van der Waals surface area contributed by atoms with Crippen molar-refractivity contribution in [3.63, 3.8) is 0 Å². The SMILES string of the molecule is COC(=O)CNCCC1CCN(C)C1. The normalized spacial score (nSPS) is 22.6. The third-order valence-electron chi connectivity index (χ3n) is 2.72. The quantitative estimate of drug-likeness (QED) is 0.504. The van der Waals surface area contributed by atoms with E-state index >= 15 is 0 Å². The van der Waals surface area contributed by atoms with Crippen LogP contribution in [0.25, 0.3) is 0 Å². The number of ether oxygens (including phenoxy) is 1.